The number of urea groups is 1. The monoisotopic (exact) mass is 345 g/mol. The summed E-state index contributed by atoms with van der Waals surface area (Å²) in [6, 6.07) is -0.175. The Morgan fingerprint density at radius 3 is 2.68 bits per heavy atom. The Morgan fingerprint density at radius 1 is 1.16 bits per heavy atom. The minimum atomic E-state index is -0.805. The highest BCUT2D eigenvalue weighted by atomic mass is 16.2. The number of hydrogen-bond acceptors (Lipinski definition) is 3. The molecule has 1 heterocycles. The van der Waals surface area contributed by atoms with Crippen LogP contribution in [0.5, 0.6) is 0 Å². The van der Waals surface area contributed by atoms with Crippen LogP contribution in [-0.2, 0) is 9.59 Å². The Morgan fingerprint density at radius 2 is 1.92 bits per heavy atom. The second-order valence-corrected chi connectivity index (χ2v) is 9.13. The lowest BCUT2D eigenvalue weighted by Gasteiger charge is -2.32. The molecule has 4 aliphatic carbocycles. The number of rotatable bonds is 4. The van der Waals surface area contributed by atoms with Gasteiger partial charge in [0.25, 0.3) is 5.91 Å². The number of amides is 4. The molecule has 5 fully saturated rings. The van der Waals surface area contributed by atoms with E-state index in [4.69, 9.17) is 0 Å². The normalized spacial score (nSPS) is 45.0. The van der Waals surface area contributed by atoms with Crippen LogP contribution in [0, 0.1) is 29.6 Å². The van der Waals surface area contributed by atoms with Gasteiger partial charge in [0, 0.05) is 6.04 Å². The van der Waals surface area contributed by atoms with Crippen LogP contribution < -0.4 is 10.6 Å². The molecule has 0 spiro atoms. The van der Waals surface area contributed by atoms with E-state index in [-0.39, 0.29) is 30.3 Å². The van der Waals surface area contributed by atoms with Crippen LogP contribution >= 0.6 is 0 Å². The number of imide groups is 1. The van der Waals surface area contributed by atoms with Gasteiger partial charge >= 0.3 is 6.03 Å². The topological polar surface area (TPSA) is 78.5 Å². The largest absolute Gasteiger partial charge is 0.352 e. The predicted octanol–water partition coefficient (Wildman–Crippen LogP) is 1.65. The van der Waals surface area contributed by atoms with Crippen molar-refractivity contribution in [2.75, 3.05) is 6.54 Å². The first-order chi connectivity index (χ1) is 12.0. The number of nitrogens with one attached hydrogen (secondary N) is 2. The van der Waals surface area contributed by atoms with Gasteiger partial charge in [-0.25, -0.2) is 4.79 Å². The van der Waals surface area contributed by atoms with E-state index in [9.17, 15) is 14.4 Å². The van der Waals surface area contributed by atoms with E-state index in [0.29, 0.717) is 5.92 Å². The molecule has 6 heteroatoms. The highest BCUT2D eigenvalue weighted by Crippen LogP contribution is 2.58. The summed E-state index contributed by atoms with van der Waals surface area (Å²) >= 11 is 0. The minimum absolute atomic E-state index is 0.144. The summed E-state index contributed by atoms with van der Waals surface area (Å²) in [6.07, 6.45) is 8.29. The molecular weight excluding hydrogens is 318 g/mol. The zero-order chi connectivity index (χ0) is 17.3. The molecule has 4 saturated carbocycles. The first-order valence-corrected chi connectivity index (χ1v) is 9.91. The van der Waals surface area contributed by atoms with Crippen LogP contribution in [0.3, 0.4) is 0 Å². The summed E-state index contributed by atoms with van der Waals surface area (Å²) in [7, 11) is 0. The number of carbonyl (C=O) groups excluding carboxylic acids is 3. The quantitative estimate of drug-likeness (QED) is 0.761. The maximum absolute atomic E-state index is 12.6. The third kappa shape index (κ3) is 2.25. The molecule has 6 atom stereocenters. The summed E-state index contributed by atoms with van der Waals surface area (Å²) in [4.78, 5) is 38.5. The SMILES string of the molecule is C[C@]1(C2CC2)NC(=O)N(CC(=O)N[C@@H]2C[C@H]3C[C@H]2[C@H]2CCC[C@H]32)C1=O. The number of carbonyl (C=O) groups is 3. The molecule has 5 rings (SSSR count). The Hall–Kier alpha value is -1.59. The summed E-state index contributed by atoms with van der Waals surface area (Å²) in [5.41, 5.74) is -0.805. The molecule has 0 aromatic carbocycles. The Kier molecular flexibility index (Phi) is 3.26. The fourth-order valence-corrected chi connectivity index (χ4v) is 6.43. The van der Waals surface area contributed by atoms with Crippen molar-refractivity contribution in [3.8, 4) is 0 Å². The van der Waals surface area contributed by atoms with Gasteiger partial charge in [0.05, 0.1) is 0 Å². The van der Waals surface area contributed by atoms with Gasteiger partial charge < -0.3 is 10.6 Å². The highest BCUT2D eigenvalue weighted by molar-refractivity contribution is 6.09. The average molecular weight is 345 g/mol. The van der Waals surface area contributed by atoms with Crippen molar-refractivity contribution in [3.05, 3.63) is 0 Å². The summed E-state index contributed by atoms with van der Waals surface area (Å²) < 4.78 is 0. The van der Waals surface area contributed by atoms with Gasteiger partial charge in [-0.3, -0.25) is 14.5 Å². The molecule has 4 amide bonds. The lowest BCUT2D eigenvalue weighted by atomic mass is 9.79. The third-order valence-electron chi connectivity index (χ3n) is 7.77. The van der Waals surface area contributed by atoms with E-state index >= 15 is 0 Å². The Balaban J connectivity index is 1.22. The highest BCUT2D eigenvalue weighted by Gasteiger charge is 2.57. The van der Waals surface area contributed by atoms with Crippen molar-refractivity contribution in [2.24, 2.45) is 29.6 Å². The van der Waals surface area contributed by atoms with Gasteiger partial charge in [0.15, 0.2) is 0 Å². The fourth-order valence-electron chi connectivity index (χ4n) is 6.43. The van der Waals surface area contributed by atoms with Gasteiger partial charge in [0.2, 0.25) is 5.91 Å². The van der Waals surface area contributed by atoms with Gasteiger partial charge in [-0.1, -0.05) is 6.42 Å². The van der Waals surface area contributed by atoms with E-state index in [1.54, 1.807) is 6.92 Å². The van der Waals surface area contributed by atoms with Crippen molar-refractivity contribution < 1.29 is 14.4 Å². The maximum atomic E-state index is 12.6. The van der Waals surface area contributed by atoms with Gasteiger partial charge in [-0.05, 0) is 75.0 Å². The van der Waals surface area contributed by atoms with Crippen molar-refractivity contribution in [2.45, 2.75) is 63.5 Å². The smallest absolute Gasteiger partial charge is 0.325 e. The lowest BCUT2D eigenvalue weighted by Crippen LogP contribution is -2.49. The van der Waals surface area contributed by atoms with E-state index in [2.05, 4.69) is 10.6 Å². The van der Waals surface area contributed by atoms with E-state index < -0.39 is 11.6 Å². The minimum Gasteiger partial charge on any atom is -0.352 e. The molecule has 0 aromatic heterocycles. The van der Waals surface area contributed by atoms with Crippen molar-refractivity contribution in [1.82, 2.24) is 15.5 Å². The first-order valence-electron chi connectivity index (χ1n) is 9.91. The zero-order valence-corrected chi connectivity index (χ0v) is 14.8. The molecule has 25 heavy (non-hydrogen) atoms. The summed E-state index contributed by atoms with van der Waals surface area (Å²) in [5.74, 6) is 2.87. The molecular formula is C19H27N3O3. The van der Waals surface area contributed by atoms with Gasteiger partial charge in [-0.2, -0.15) is 0 Å². The summed E-state index contributed by atoms with van der Waals surface area (Å²) in [5, 5.41) is 5.96. The lowest BCUT2D eigenvalue weighted by molar-refractivity contribution is -0.135. The molecule has 1 saturated heterocycles. The molecule has 2 N–H and O–H groups in total. The predicted molar refractivity (Wildman–Crippen MR) is 90.3 cm³/mol. The Bertz CT molecular complexity index is 646. The van der Waals surface area contributed by atoms with Crippen LogP contribution in [-0.4, -0.2) is 40.9 Å². The molecule has 5 aliphatic rings. The average Bonchev–Trinajstić information content (AvgIpc) is 2.95. The fraction of sp³-hybridized carbons (Fsp3) is 0.842. The number of fused-ring (bicyclic) bond motifs is 5. The molecule has 0 unspecified atom stereocenters. The van der Waals surface area contributed by atoms with Crippen molar-refractivity contribution in [1.29, 1.82) is 0 Å². The van der Waals surface area contributed by atoms with Crippen LogP contribution in [0.1, 0.15) is 51.9 Å². The van der Waals surface area contributed by atoms with Crippen LogP contribution in [0.15, 0.2) is 0 Å². The van der Waals surface area contributed by atoms with Crippen LogP contribution in [0.4, 0.5) is 4.79 Å². The van der Waals surface area contributed by atoms with Gasteiger partial charge in [-0.15, -0.1) is 0 Å². The van der Waals surface area contributed by atoms with Crippen LogP contribution in [0.25, 0.3) is 0 Å². The van der Waals surface area contributed by atoms with Crippen molar-refractivity contribution in [3.63, 3.8) is 0 Å². The number of nitrogens with zero attached hydrogens (tertiary/aromatic N) is 1. The standard InChI is InChI=1S/C19H27N3O3/c1-19(11-5-6-11)17(24)22(18(25)21-19)9-16(23)20-15-8-10-7-14(15)13-4-2-3-12(10)13/h10-15H,2-9H2,1H3,(H,20,23)(H,21,25)/t10-,12-,13+,14+,15-,19-/m1/s1. The first kappa shape index (κ1) is 15.6. The van der Waals surface area contributed by atoms with E-state index in [1.165, 1.54) is 25.7 Å². The molecule has 136 valence electrons. The Labute approximate surface area is 148 Å². The molecule has 6 nitrogen and oxygen atoms in total. The molecule has 1 aliphatic heterocycles. The summed E-state index contributed by atoms with van der Waals surface area (Å²) in [6.45, 7) is 1.65. The second kappa shape index (κ2) is 5.21. The number of hydrogen-bond donors (Lipinski definition) is 2. The zero-order valence-electron chi connectivity index (χ0n) is 14.8. The van der Waals surface area contributed by atoms with E-state index in [1.807, 2.05) is 0 Å². The molecule has 0 aromatic rings. The van der Waals surface area contributed by atoms with Crippen molar-refractivity contribution >= 4 is 17.8 Å². The van der Waals surface area contributed by atoms with Crippen LogP contribution in [0.2, 0.25) is 0 Å². The molecule has 0 radical (unpaired) electrons. The van der Waals surface area contributed by atoms with E-state index in [0.717, 1.165) is 41.9 Å². The van der Waals surface area contributed by atoms with Gasteiger partial charge in [0.1, 0.15) is 12.1 Å². The second-order valence-electron chi connectivity index (χ2n) is 9.13. The third-order valence-corrected chi connectivity index (χ3v) is 7.77. The molecule has 2 bridgehead atoms. The maximum Gasteiger partial charge on any atom is 0.325 e.